The summed E-state index contributed by atoms with van der Waals surface area (Å²) >= 11 is 0. The van der Waals surface area contributed by atoms with Crippen LogP contribution in [0.1, 0.15) is 36.3 Å². The van der Waals surface area contributed by atoms with Crippen LogP contribution in [-0.2, 0) is 16.4 Å². The first-order chi connectivity index (χ1) is 16.3. The molecule has 1 aliphatic heterocycles. The van der Waals surface area contributed by atoms with Crippen molar-refractivity contribution in [1.29, 1.82) is 0 Å². The summed E-state index contributed by atoms with van der Waals surface area (Å²) in [6, 6.07) is 12.4. The summed E-state index contributed by atoms with van der Waals surface area (Å²) in [4.78, 5) is 25.5. The first-order valence-electron chi connectivity index (χ1n) is 11.0. The minimum absolute atomic E-state index is 0.0282. The summed E-state index contributed by atoms with van der Waals surface area (Å²) in [6.07, 6.45) is 3.01. The second-order valence-electron chi connectivity index (χ2n) is 7.86. The van der Waals surface area contributed by atoms with Gasteiger partial charge in [-0.2, -0.15) is 9.40 Å². The van der Waals surface area contributed by atoms with E-state index in [1.165, 1.54) is 21.1 Å². The minimum atomic E-state index is -3.59. The molecule has 2 aromatic carbocycles. The number of nitro groups is 1. The van der Waals surface area contributed by atoms with E-state index in [1.54, 1.807) is 61.3 Å². The second-order valence-corrected chi connectivity index (χ2v) is 9.80. The van der Waals surface area contributed by atoms with Crippen molar-refractivity contribution in [2.45, 2.75) is 31.6 Å². The molecule has 0 aliphatic carbocycles. The molecule has 0 bridgehead atoms. The van der Waals surface area contributed by atoms with Crippen molar-refractivity contribution in [3.8, 4) is 5.69 Å². The Morgan fingerprint density at radius 3 is 2.47 bits per heavy atom. The lowest BCUT2D eigenvalue weighted by Gasteiger charge is -2.29. The number of amides is 1. The molecule has 0 fully saturated rings. The van der Waals surface area contributed by atoms with Gasteiger partial charge in [-0.3, -0.25) is 14.9 Å². The van der Waals surface area contributed by atoms with Crippen LogP contribution in [0.4, 0.5) is 11.4 Å². The van der Waals surface area contributed by atoms with Crippen molar-refractivity contribution in [3.05, 3.63) is 76.1 Å². The van der Waals surface area contributed by atoms with Crippen molar-refractivity contribution in [1.82, 2.24) is 14.1 Å². The van der Waals surface area contributed by atoms with Gasteiger partial charge in [0.25, 0.3) is 11.6 Å². The summed E-state index contributed by atoms with van der Waals surface area (Å²) in [7, 11) is -3.59. The maximum atomic E-state index is 13.3. The standard InChI is InChI=1S/C23H25N5O5S/c1-3-25(4-2)34(32,33)20-11-12-22-17(16-20)6-5-14-26(22)23(29)21-13-15-27(24-21)18-7-9-19(10-8-18)28(30)31/h7-13,15-16H,3-6,14H2,1-2H3. The van der Waals surface area contributed by atoms with E-state index in [4.69, 9.17) is 0 Å². The number of nitro benzene ring substituents is 1. The lowest BCUT2D eigenvalue weighted by Crippen LogP contribution is -2.36. The third-order valence-electron chi connectivity index (χ3n) is 5.89. The number of aromatic nitrogens is 2. The molecule has 0 N–H and O–H groups in total. The summed E-state index contributed by atoms with van der Waals surface area (Å²) in [5, 5.41) is 15.2. The first-order valence-corrected chi connectivity index (χ1v) is 12.5. The maximum absolute atomic E-state index is 13.3. The number of non-ortho nitro benzene ring substituents is 1. The average molecular weight is 484 g/mol. The summed E-state index contributed by atoms with van der Waals surface area (Å²) in [5.41, 5.74) is 2.28. The molecule has 34 heavy (non-hydrogen) atoms. The fraction of sp³-hybridized carbons (Fsp3) is 0.304. The van der Waals surface area contributed by atoms with Crippen LogP contribution in [0.25, 0.3) is 5.69 Å². The summed E-state index contributed by atoms with van der Waals surface area (Å²) < 4.78 is 28.7. The highest BCUT2D eigenvalue weighted by Crippen LogP contribution is 2.31. The Morgan fingerprint density at radius 1 is 1.12 bits per heavy atom. The van der Waals surface area contributed by atoms with Crippen molar-refractivity contribution >= 4 is 27.3 Å². The van der Waals surface area contributed by atoms with Gasteiger partial charge in [0.05, 0.1) is 15.5 Å². The van der Waals surface area contributed by atoms with E-state index in [0.717, 1.165) is 5.56 Å². The minimum Gasteiger partial charge on any atom is -0.307 e. The van der Waals surface area contributed by atoms with Crippen molar-refractivity contribution in [2.24, 2.45) is 0 Å². The number of sulfonamides is 1. The third kappa shape index (κ3) is 4.31. The molecule has 0 spiro atoms. The predicted octanol–water partition coefficient (Wildman–Crippen LogP) is 3.40. The summed E-state index contributed by atoms with van der Waals surface area (Å²) in [6.45, 7) is 4.87. The fourth-order valence-corrected chi connectivity index (χ4v) is 5.61. The number of benzene rings is 2. The van der Waals surface area contributed by atoms with Gasteiger partial charge in [-0.05, 0) is 54.8 Å². The van der Waals surface area contributed by atoms with E-state index in [2.05, 4.69) is 5.10 Å². The molecule has 1 aromatic heterocycles. The van der Waals surface area contributed by atoms with Crippen LogP contribution in [0, 0.1) is 10.1 Å². The zero-order valence-electron chi connectivity index (χ0n) is 18.9. The van der Waals surface area contributed by atoms with Gasteiger partial charge in [-0.15, -0.1) is 0 Å². The van der Waals surface area contributed by atoms with Crippen LogP contribution in [-0.4, -0.2) is 53.0 Å². The number of carbonyl (C=O) groups is 1. The highest BCUT2D eigenvalue weighted by molar-refractivity contribution is 7.89. The van der Waals surface area contributed by atoms with Crippen LogP contribution >= 0.6 is 0 Å². The smallest absolute Gasteiger partial charge is 0.278 e. The Labute approximate surface area is 197 Å². The number of carbonyl (C=O) groups excluding carboxylic acids is 1. The number of hydrogen-bond acceptors (Lipinski definition) is 6. The number of hydrogen-bond donors (Lipinski definition) is 0. The lowest BCUT2D eigenvalue weighted by molar-refractivity contribution is -0.384. The maximum Gasteiger partial charge on any atom is 0.278 e. The van der Waals surface area contributed by atoms with Crippen LogP contribution in [0.5, 0.6) is 0 Å². The monoisotopic (exact) mass is 483 g/mol. The molecule has 3 aromatic rings. The van der Waals surface area contributed by atoms with Gasteiger partial charge in [-0.25, -0.2) is 13.1 Å². The van der Waals surface area contributed by atoms with E-state index in [1.807, 2.05) is 0 Å². The molecule has 10 nitrogen and oxygen atoms in total. The van der Waals surface area contributed by atoms with Crippen molar-refractivity contribution in [2.75, 3.05) is 24.5 Å². The lowest BCUT2D eigenvalue weighted by atomic mass is 10.0. The largest absolute Gasteiger partial charge is 0.307 e. The Balaban J connectivity index is 1.60. The Bertz CT molecular complexity index is 1330. The number of fused-ring (bicyclic) bond motifs is 1. The topological polar surface area (TPSA) is 119 Å². The Hall–Kier alpha value is -3.57. The van der Waals surface area contributed by atoms with Crippen LogP contribution in [0.15, 0.2) is 59.6 Å². The van der Waals surface area contributed by atoms with E-state index in [9.17, 15) is 23.3 Å². The van der Waals surface area contributed by atoms with Crippen LogP contribution < -0.4 is 4.90 Å². The number of rotatable bonds is 7. The molecule has 0 atom stereocenters. The fourth-order valence-electron chi connectivity index (χ4n) is 4.10. The van der Waals surface area contributed by atoms with Gasteiger partial charge in [0.1, 0.15) is 0 Å². The summed E-state index contributed by atoms with van der Waals surface area (Å²) in [5.74, 6) is -0.291. The van der Waals surface area contributed by atoms with E-state index in [0.29, 0.717) is 43.9 Å². The molecule has 11 heteroatoms. The molecular weight excluding hydrogens is 458 g/mol. The van der Waals surface area contributed by atoms with Gasteiger partial charge in [0.15, 0.2) is 5.69 Å². The van der Waals surface area contributed by atoms with Gasteiger partial charge in [-0.1, -0.05) is 13.8 Å². The average Bonchev–Trinajstić information content (AvgIpc) is 3.34. The number of nitrogens with zero attached hydrogens (tertiary/aromatic N) is 5. The quantitative estimate of drug-likeness (QED) is 0.375. The molecule has 0 radical (unpaired) electrons. The predicted molar refractivity (Wildman–Crippen MR) is 127 cm³/mol. The molecule has 4 rings (SSSR count). The van der Waals surface area contributed by atoms with Gasteiger partial charge >= 0.3 is 0 Å². The Morgan fingerprint density at radius 2 is 1.82 bits per heavy atom. The normalized spacial score (nSPS) is 13.7. The molecule has 0 unspecified atom stereocenters. The van der Waals surface area contributed by atoms with Gasteiger partial charge in [0.2, 0.25) is 10.0 Å². The van der Waals surface area contributed by atoms with E-state index < -0.39 is 14.9 Å². The molecule has 2 heterocycles. The molecule has 0 saturated carbocycles. The van der Waals surface area contributed by atoms with Crippen molar-refractivity contribution < 1.29 is 18.1 Å². The molecular formula is C23H25N5O5S. The van der Waals surface area contributed by atoms with E-state index in [-0.39, 0.29) is 22.2 Å². The molecule has 178 valence electrons. The zero-order chi connectivity index (χ0) is 24.5. The first kappa shape index (κ1) is 23.6. The van der Waals surface area contributed by atoms with Crippen LogP contribution in [0.3, 0.4) is 0 Å². The van der Waals surface area contributed by atoms with Crippen LogP contribution in [0.2, 0.25) is 0 Å². The zero-order valence-corrected chi connectivity index (χ0v) is 19.7. The highest BCUT2D eigenvalue weighted by Gasteiger charge is 2.28. The number of anilines is 1. The third-order valence-corrected chi connectivity index (χ3v) is 7.94. The van der Waals surface area contributed by atoms with E-state index >= 15 is 0 Å². The second kappa shape index (κ2) is 9.35. The van der Waals surface area contributed by atoms with Gasteiger partial charge < -0.3 is 4.90 Å². The Kier molecular flexibility index (Phi) is 6.49. The van der Waals surface area contributed by atoms with Crippen molar-refractivity contribution in [3.63, 3.8) is 0 Å². The molecule has 1 aliphatic rings. The number of aryl methyl sites for hydroxylation is 1. The SMILES string of the molecule is CCN(CC)S(=O)(=O)c1ccc2c(c1)CCCN2C(=O)c1ccn(-c2ccc([N+](=O)[O-])cc2)n1. The molecule has 1 amide bonds. The molecule has 0 saturated heterocycles. The highest BCUT2D eigenvalue weighted by atomic mass is 32.2. The van der Waals surface area contributed by atoms with Gasteiger partial charge in [0, 0.05) is 43.7 Å².